The summed E-state index contributed by atoms with van der Waals surface area (Å²) in [4.78, 5) is 35.6. The zero-order valence-corrected chi connectivity index (χ0v) is 11.8. The SMILES string of the molecule is CCCC(CNC(=O)N1CCCC(C(N)=O)C1)C(=O)O. The number of aliphatic carboxylic acids is 1. The molecule has 20 heavy (non-hydrogen) atoms. The smallest absolute Gasteiger partial charge is 0.317 e. The van der Waals surface area contributed by atoms with E-state index in [4.69, 9.17) is 10.8 Å². The monoisotopic (exact) mass is 285 g/mol. The van der Waals surface area contributed by atoms with Crippen molar-refractivity contribution in [2.45, 2.75) is 32.6 Å². The third-order valence-electron chi connectivity index (χ3n) is 3.60. The Balaban J connectivity index is 2.45. The van der Waals surface area contributed by atoms with Crippen LogP contribution in [0, 0.1) is 11.8 Å². The summed E-state index contributed by atoms with van der Waals surface area (Å²) >= 11 is 0. The molecule has 0 aromatic carbocycles. The second-order valence-electron chi connectivity index (χ2n) is 5.20. The molecule has 0 aromatic rings. The van der Waals surface area contributed by atoms with Crippen LogP contribution in [0.1, 0.15) is 32.6 Å². The van der Waals surface area contributed by atoms with Gasteiger partial charge in [-0.3, -0.25) is 9.59 Å². The Hall–Kier alpha value is -1.79. The van der Waals surface area contributed by atoms with Crippen LogP contribution in [0.4, 0.5) is 4.79 Å². The van der Waals surface area contributed by atoms with Crippen molar-refractivity contribution in [2.24, 2.45) is 17.6 Å². The fraction of sp³-hybridized carbons (Fsp3) is 0.769. The average Bonchev–Trinajstić information content (AvgIpc) is 2.42. The molecule has 7 nitrogen and oxygen atoms in total. The van der Waals surface area contributed by atoms with Crippen molar-refractivity contribution in [2.75, 3.05) is 19.6 Å². The molecule has 1 heterocycles. The van der Waals surface area contributed by atoms with Crippen molar-refractivity contribution in [1.29, 1.82) is 0 Å². The lowest BCUT2D eigenvalue weighted by Crippen LogP contribution is -2.49. The fourth-order valence-electron chi connectivity index (χ4n) is 2.38. The number of hydrogen-bond acceptors (Lipinski definition) is 3. The summed E-state index contributed by atoms with van der Waals surface area (Å²) in [5.41, 5.74) is 5.26. The standard InChI is InChI=1S/C13H23N3O4/c1-2-4-9(12(18)19)7-15-13(20)16-6-3-5-10(8-16)11(14)17/h9-10H,2-8H2,1H3,(H2,14,17)(H,15,20)(H,18,19). The lowest BCUT2D eigenvalue weighted by molar-refractivity contribution is -0.141. The highest BCUT2D eigenvalue weighted by molar-refractivity contribution is 5.79. The van der Waals surface area contributed by atoms with E-state index < -0.39 is 17.8 Å². The normalized spacial score (nSPS) is 20.2. The maximum absolute atomic E-state index is 12.0. The van der Waals surface area contributed by atoms with Gasteiger partial charge in [0, 0.05) is 19.6 Å². The van der Waals surface area contributed by atoms with Crippen molar-refractivity contribution in [3.63, 3.8) is 0 Å². The van der Waals surface area contributed by atoms with Gasteiger partial charge < -0.3 is 21.1 Å². The molecule has 7 heteroatoms. The molecule has 0 spiro atoms. The van der Waals surface area contributed by atoms with Crippen LogP contribution in [0.25, 0.3) is 0 Å². The number of primary amides is 1. The Morgan fingerprint density at radius 1 is 1.45 bits per heavy atom. The second kappa shape index (κ2) is 7.72. The molecule has 114 valence electrons. The van der Waals surface area contributed by atoms with E-state index in [1.165, 1.54) is 4.90 Å². The second-order valence-corrected chi connectivity index (χ2v) is 5.20. The number of rotatable bonds is 6. The summed E-state index contributed by atoms with van der Waals surface area (Å²) in [5.74, 6) is -2.17. The number of carboxylic acids is 1. The topological polar surface area (TPSA) is 113 Å². The number of amides is 3. The molecule has 3 amide bonds. The Morgan fingerprint density at radius 3 is 2.70 bits per heavy atom. The summed E-state index contributed by atoms with van der Waals surface area (Å²) in [5, 5.41) is 11.6. The van der Waals surface area contributed by atoms with Crippen LogP contribution < -0.4 is 11.1 Å². The average molecular weight is 285 g/mol. The van der Waals surface area contributed by atoms with Gasteiger partial charge >= 0.3 is 12.0 Å². The van der Waals surface area contributed by atoms with Crippen molar-refractivity contribution >= 4 is 17.9 Å². The number of nitrogens with two attached hydrogens (primary N) is 1. The van der Waals surface area contributed by atoms with Crippen molar-refractivity contribution in [1.82, 2.24) is 10.2 Å². The first-order chi connectivity index (χ1) is 9.45. The highest BCUT2D eigenvalue weighted by atomic mass is 16.4. The Labute approximate surface area is 118 Å². The van der Waals surface area contributed by atoms with E-state index in [0.29, 0.717) is 25.9 Å². The van der Waals surface area contributed by atoms with Gasteiger partial charge in [0.1, 0.15) is 0 Å². The Kier molecular flexibility index (Phi) is 6.27. The van der Waals surface area contributed by atoms with Gasteiger partial charge in [-0.15, -0.1) is 0 Å². The van der Waals surface area contributed by atoms with Gasteiger partial charge in [-0.1, -0.05) is 13.3 Å². The minimum absolute atomic E-state index is 0.111. The number of urea groups is 1. The molecular weight excluding hydrogens is 262 g/mol. The van der Waals surface area contributed by atoms with Gasteiger partial charge in [0.15, 0.2) is 0 Å². The zero-order chi connectivity index (χ0) is 15.1. The summed E-state index contributed by atoms with van der Waals surface area (Å²) in [6.45, 7) is 2.90. The number of likely N-dealkylation sites (tertiary alicyclic amines) is 1. The van der Waals surface area contributed by atoms with Crippen LogP contribution in [0.5, 0.6) is 0 Å². The molecule has 1 aliphatic rings. The maximum Gasteiger partial charge on any atom is 0.317 e. The lowest BCUT2D eigenvalue weighted by atomic mass is 9.98. The van der Waals surface area contributed by atoms with E-state index in [0.717, 1.165) is 12.8 Å². The number of piperidine rings is 1. The number of carbonyl (C=O) groups excluding carboxylic acids is 2. The van der Waals surface area contributed by atoms with Gasteiger partial charge in [-0.2, -0.15) is 0 Å². The van der Waals surface area contributed by atoms with Crippen LogP contribution in [0.3, 0.4) is 0 Å². The van der Waals surface area contributed by atoms with Crippen LogP contribution >= 0.6 is 0 Å². The van der Waals surface area contributed by atoms with Gasteiger partial charge in [0.25, 0.3) is 0 Å². The number of carbonyl (C=O) groups is 3. The summed E-state index contributed by atoms with van der Waals surface area (Å²) in [6.07, 6.45) is 2.71. The molecular formula is C13H23N3O4. The van der Waals surface area contributed by atoms with Crippen LogP contribution in [0.2, 0.25) is 0 Å². The van der Waals surface area contributed by atoms with Crippen molar-refractivity contribution < 1.29 is 19.5 Å². The molecule has 1 aliphatic heterocycles. The van der Waals surface area contributed by atoms with E-state index in [-0.39, 0.29) is 18.5 Å². The fourth-order valence-corrected chi connectivity index (χ4v) is 2.38. The molecule has 0 bridgehead atoms. The molecule has 0 aromatic heterocycles. The minimum atomic E-state index is -0.902. The molecule has 2 atom stereocenters. The van der Waals surface area contributed by atoms with E-state index in [2.05, 4.69) is 5.32 Å². The maximum atomic E-state index is 12.0. The van der Waals surface area contributed by atoms with E-state index in [9.17, 15) is 14.4 Å². The summed E-state index contributed by atoms with van der Waals surface area (Å²) in [6, 6.07) is -0.321. The third-order valence-corrected chi connectivity index (χ3v) is 3.60. The van der Waals surface area contributed by atoms with E-state index in [1.807, 2.05) is 6.92 Å². The first kappa shape index (κ1) is 16.3. The van der Waals surface area contributed by atoms with Crippen molar-refractivity contribution in [3.8, 4) is 0 Å². The van der Waals surface area contributed by atoms with Crippen LogP contribution in [-0.2, 0) is 9.59 Å². The summed E-state index contributed by atoms with van der Waals surface area (Å²) in [7, 11) is 0. The molecule has 2 unspecified atom stereocenters. The quantitative estimate of drug-likeness (QED) is 0.655. The molecule has 0 radical (unpaired) electrons. The predicted octanol–water partition coefficient (Wildman–Crippen LogP) is 0.394. The number of nitrogens with one attached hydrogen (secondary N) is 1. The third kappa shape index (κ3) is 4.71. The van der Waals surface area contributed by atoms with Crippen LogP contribution in [0.15, 0.2) is 0 Å². The molecule has 1 rings (SSSR count). The lowest BCUT2D eigenvalue weighted by Gasteiger charge is -2.31. The Bertz CT molecular complexity index is 373. The largest absolute Gasteiger partial charge is 0.481 e. The first-order valence-electron chi connectivity index (χ1n) is 7.00. The van der Waals surface area contributed by atoms with Gasteiger partial charge in [0.2, 0.25) is 5.91 Å². The predicted molar refractivity (Wildman–Crippen MR) is 72.9 cm³/mol. The number of nitrogens with zero attached hydrogens (tertiary/aromatic N) is 1. The molecule has 0 saturated carbocycles. The number of hydrogen-bond donors (Lipinski definition) is 3. The van der Waals surface area contributed by atoms with E-state index in [1.54, 1.807) is 0 Å². The minimum Gasteiger partial charge on any atom is -0.481 e. The molecule has 4 N–H and O–H groups in total. The molecule has 0 aliphatic carbocycles. The van der Waals surface area contributed by atoms with E-state index >= 15 is 0 Å². The highest BCUT2D eigenvalue weighted by Crippen LogP contribution is 2.16. The number of carboxylic acid groups (broad SMARTS) is 1. The van der Waals surface area contributed by atoms with Gasteiger partial charge in [0.05, 0.1) is 11.8 Å². The van der Waals surface area contributed by atoms with Crippen molar-refractivity contribution in [3.05, 3.63) is 0 Å². The zero-order valence-electron chi connectivity index (χ0n) is 11.8. The highest BCUT2D eigenvalue weighted by Gasteiger charge is 2.27. The van der Waals surface area contributed by atoms with Gasteiger partial charge in [-0.05, 0) is 19.3 Å². The molecule has 1 fully saturated rings. The first-order valence-corrected chi connectivity index (χ1v) is 7.00. The Morgan fingerprint density at radius 2 is 2.15 bits per heavy atom. The van der Waals surface area contributed by atoms with Gasteiger partial charge in [-0.25, -0.2) is 4.79 Å². The van der Waals surface area contributed by atoms with Crippen LogP contribution in [-0.4, -0.2) is 47.5 Å². The summed E-state index contributed by atoms with van der Waals surface area (Å²) < 4.78 is 0. The molecule has 1 saturated heterocycles.